The molecule has 10 aromatic rings. The van der Waals surface area contributed by atoms with Gasteiger partial charge in [-0.3, -0.25) is 4.57 Å². The molecule has 5 nitrogen and oxygen atoms in total. The van der Waals surface area contributed by atoms with Crippen molar-refractivity contribution < 1.29 is 44.1 Å². The number of aromatic nitrogens is 4. The average molecular weight is 1170 g/mol. The number of ether oxygens (including phenoxy) is 1. The average Bonchev–Trinajstić information content (AvgIpc) is 3.98. The molecular formula is C58H52Ge2N4OPt-2. The summed E-state index contributed by atoms with van der Waals surface area (Å²) >= 11 is -4.63. The molecule has 7 aromatic carbocycles. The van der Waals surface area contributed by atoms with Gasteiger partial charge in [0.2, 0.25) is 0 Å². The summed E-state index contributed by atoms with van der Waals surface area (Å²) in [4.78, 5) is 4.99. The maximum atomic E-state index is 9.05. The van der Waals surface area contributed by atoms with Crippen molar-refractivity contribution in [2.45, 2.75) is 59.7 Å². The minimum absolute atomic E-state index is 0. The summed E-state index contributed by atoms with van der Waals surface area (Å²) in [5.41, 5.74) is 4.95. The molecule has 11 rings (SSSR count). The van der Waals surface area contributed by atoms with Crippen molar-refractivity contribution in [1.82, 2.24) is 14.1 Å². The van der Waals surface area contributed by atoms with Gasteiger partial charge in [-0.25, -0.2) is 0 Å². The molecular weight excluding hydrogens is 1110 g/mol. The van der Waals surface area contributed by atoms with Crippen LogP contribution < -0.4 is 18.1 Å². The Kier molecular flexibility index (Phi) is 8.74. The van der Waals surface area contributed by atoms with E-state index in [1.165, 1.54) is 21.5 Å². The van der Waals surface area contributed by atoms with E-state index in [0.29, 0.717) is 28.2 Å². The van der Waals surface area contributed by atoms with Crippen molar-refractivity contribution >= 4 is 68.2 Å². The topological polar surface area (TPSA) is 35.9 Å². The second-order valence-electron chi connectivity index (χ2n) is 19.2. The predicted octanol–water partition coefficient (Wildman–Crippen LogP) is 13.1. The van der Waals surface area contributed by atoms with Crippen LogP contribution >= 0.6 is 0 Å². The van der Waals surface area contributed by atoms with Gasteiger partial charge >= 0.3 is 237 Å². The van der Waals surface area contributed by atoms with E-state index in [4.69, 9.17) is 23.4 Å². The summed E-state index contributed by atoms with van der Waals surface area (Å²) in [6.07, 6.45) is 5.33. The van der Waals surface area contributed by atoms with E-state index in [-0.39, 0.29) is 54.4 Å². The van der Waals surface area contributed by atoms with Gasteiger partial charge in [0.15, 0.2) is 0 Å². The minimum atomic E-state index is -2.33. The van der Waals surface area contributed by atoms with Gasteiger partial charge in [0.1, 0.15) is 0 Å². The normalized spacial score (nSPS) is 16.4. The molecule has 8 heteroatoms. The zero-order valence-corrected chi connectivity index (χ0v) is 44.2. The Bertz CT molecular complexity index is 3930. The molecule has 0 unspecified atom stereocenters. The molecule has 0 bridgehead atoms. The standard InChI is InChI=1S/C58H52Ge2N4O.Pt/c1-58(2,3)42-30-33-61-56(34-42)64-54-36-45(28-29-48(54)49-37-50-51(38-55(49)64)60(6,7)32-31-59(50,4)5)65-44-23-16-22-43(35-44)62-39-63(53-27-15-14-26-52(53)62)57-46(40-18-10-8-11-19-40)24-17-25-47(57)41-20-12-9-13-21-41;/h8-30,33-34,37-38H,31-32H2,1-7H3;/q-2;/i8D,9D,10D,11D,12D,13D,18D,19D,20D,21D;. The molecule has 0 amide bonds. The number of benzene rings is 7. The predicted molar refractivity (Wildman–Crippen MR) is 273 cm³/mol. The fourth-order valence-corrected chi connectivity index (χ4v) is 39.7. The number of imidazole rings is 1. The minimum Gasteiger partial charge on any atom is -0.0666 e. The number of nitrogens with zero attached hydrogens (tertiary/aromatic N) is 4. The van der Waals surface area contributed by atoms with Crippen LogP contribution in [0, 0.1) is 18.5 Å². The van der Waals surface area contributed by atoms with Crippen molar-refractivity contribution in [3.63, 3.8) is 0 Å². The third kappa shape index (κ3) is 7.81. The van der Waals surface area contributed by atoms with Gasteiger partial charge in [0.05, 0.1) is 30.4 Å². The SMILES string of the molecule is [2H]c1c([2H])c([2H])c(-c2cccc(-c3c([2H])c([2H])c([2H])c([2H])c3[2H])c2-[n+]2[c-]n(-c3[c-]c(Oc4[c-]c5c(cc4)c4c[c]6[c](cc4n5-c4cc(C(C)(C)C)ccn4)[Ge]([CH3])([CH3])[CH2][CH2][Ge]6([CH3])[CH3])ccc3)c3ccccc32)c([2H])c1[2H].[Pt]. The van der Waals surface area contributed by atoms with Gasteiger partial charge in [0.25, 0.3) is 6.33 Å². The maximum absolute atomic E-state index is 9.05. The number of hydrogen-bond donors (Lipinski definition) is 0. The third-order valence-corrected chi connectivity index (χ3v) is 30.5. The van der Waals surface area contributed by atoms with Crippen LogP contribution in [0.4, 0.5) is 0 Å². The number of fused-ring (bicyclic) bond motifs is 5. The van der Waals surface area contributed by atoms with E-state index < -0.39 is 87.0 Å². The van der Waals surface area contributed by atoms with Crippen LogP contribution in [0.25, 0.3) is 72.3 Å². The first-order valence-corrected chi connectivity index (χ1v) is 35.4. The summed E-state index contributed by atoms with van der Waals surface area (Å²) in [7, 11) is 0. The van der Waals surface area contributed by atoms with E-state index in [2.05, 4.69) is 97.2 Å². The summed E-state index contributed by atoms with van der Waals surface area (Å²) in [5.74, 6) is 11.9. The Morgan fingerprint density at radius 3 is 1.98 bits per heavy atom. The molecule has 66 heavy (non-hydrogen) atoms. The summed E-state index contributed by atoms with van der Waals surface area (Å²) in [6, 6.07) is 32.9. The molecule has 4 heterocycles. The molecule has 0 saturated heterocycles. The molecule has 0 atom stereocenters. The van der Waals surface area contributed by atoms with E-state index in [9.17, 15) is 0 Å². The molecule has 1 aliphatic rings. The van der Waals surface area contributed by atoms with Gasteiger partial charge < -0.3 is 0 Å². The van der Waals surface area contributed by atoms with Crippen LogP contribution in [0.15, 0.2) is 164 Å². The van der Waals surface area contributed by atoms with E-state index >= 15 is 0 Å². The van der Waals surface area contributed by atoms with Gasteiger partial charge in [-0.15, -0.1) is 0 Å². The molecule has 3 aromatic heterocycles. The third-order valence-electron chi connectivity index (χ3n) is 13.0. The summed E-state index contributed by atoms with van der Waals surface area (Å²) in [5, 5.41) is 4.96. The molecule has 0 radical (unpaired) electrons. The van der Waals surface area contributed by atoms with Gasteiger partial charge in [-0.2, -0.15) is 0 Å². The molecule has 330 valence electrons. The zero-order chi connectivity index (χ0) is 53.4. The number of hydrogen-bond acceptors (Lipinski definition) is 2. The van der Waals surface area contributed by atoms with Gasteiger partial charge in [0, 0.05) is 21.1 Å². The van der Waals surface area contributed by atoms with Crippen molar-refractivity contribution in [2.24, 2.45) is 0 Å². The Morgan fingerprint density at radius 2 is 1.30 bits per heavy atom. The second kappa shape index (κ2) is 17.0. The molecule has 0 N–H and O–H groups in total. The van der Waals surface area contributed by atoms with E-state index in [0.717, 1.165) is 22.2 Å². The van der Waals surface area contributed by atoms with Crippen LogP contribution in [-0.4, -0.2) is 40.7 Å². The number of pyridine rings is 1. The van der Waals surface area contributed by atoms with Gasteiger partial charge in [-0.05, 0) is 22.3 Å². The molecule has 0 saturated carbocycles. The van der Waals surface area contributed by atoms with E-state index in [1.54, 1.807) is 36.1 Å². The quantitative estimate of drug-likeness (QED) is 0.0906. The van der Waals surface area contributed by atoms with Crippen molar-refractivity contribution in [3.05, 3.63) is 188 Å². The summed E-state index contributed by atoms with van der Waals surface area (Å²) < 4.78 is 103. The smallest absolute Gasteiger partial charge is 0.0666 e. The van der Waals surface area contributed by atoms with Crippen LogP contribution in [0.3, 0.4) is 0 Å². The monoisotopic (exact) mass is 1170 g/mol. The molecule has 0 spiro atoms. The fraction of sp³-hybridized carbons (Fsp3) is 0.172. The van der Waals surface area contributed by atoms with Crippen LogP contribution in [-0.2, 0) is 26.5 Å². The van der Waals surface area contributed by atoms with Crippen LogP contribution in [0.5, 0.6) is 11.5 Å². The van der Waals surface area contributed by atoms with Crippen molar-refractivity contribution in [2.75, 3.05) is 0 Å². The van der Waals surface area contributed by atoms with Crippen molar-refractivity contribution in [1.29, 1.82) is 0 Å². The first-order valence-electron chi connectivity index (χ1n) is 26.9. The Labute approximate surface area is 422 Å². The first kappa shape index (κ1) is 33.9. The van der Waals surface area contributed by atoms with Gasteiger partial charge in [-0.1, -0.05) is 103 Å². The Hall–Kier alpha value is -5.47. The number of rotatable bonds is 7. The molecule has 1 aliphatic heterocycles. The van der Waals surface area contributed by atoms with Crippen LogP contribution in [0.2, 0.25) is 33.5 Å². The molecule has 0 aliphatic carbocycles. The van der Waals surface area contributed by atoms with E-state index in [1.807, 2.05) is 54.7 Å². The fourth-order valence-electron chi connectivity index (χ4n) is 9.39. The Morgan fingerprint density at radius 1 is 0.667 bits per heavy atom. The summed E-state index contributed by atoms with van der Waals surface area (Å²) in [6.45, 7) is 6.63. The Balaban J connectivity index is 0.00000657. The zero-order valence-electron chi connectivity index (χ0n) is 47.7. The van der Waals surface area contributed by atoms with Crippen LogP contribution in [0.1, 0.15) is 40.0 Å². The first-order chi connectivity index (χ1) is 35.5. The second-order valence-corrected chi connectivity index (χ2v) is 39.4. The number of para-hydroxylation sites is 3. The molecule has 0 fully saturated rings. The van der Waals surface area contributed by atoms with Crippen molar-refractivity contribution in [3.8, 4) is 50.9 Å².